The number of aliphatic imine (C=N–C) groups is 5. The average Bonchev–Trinajstić information content (AvgIpc) is 1.61. The molecular weight excluding hydrogens is 2110 g/mol. The fourth-order valence-corrected chi connectivity index (χ4v) is 21.0. The predicted molar refractivity (Wildman–Crippen MR) is 595 cm³/mol. The zero-order valence-electron chi connectivity index (χ0n) is 82.8. The summed E-state index contributed by atoms with van der Waals surface area (Å²) in [6.07, 6.45) is 12.8. The first-order valence-corrected chi connectivity index (χ1v) is 60.7. The van der Waals surface area contributed by atoms with Gasteiger partial charge in [0.25, 0.3) is 35.2 Å². The number of rotatable bonds is 13. The zero-order valence-corrected chi connectivity index (χ0v) is 90.3. The Morgan fingerprint density at radius 1 is 0.392 bits per heavy atom. The number of primary amides is 5. The summed E-state index contributed by atoms with van der Waals surface area (Å²) in [6, 6.07) is 66.8. The van der Waals surface area contributed by atoms with Crippen LogP contribution in [0.25, 0.3) is 28.4 Å². The molecule has 2 aliphatic carbocycles. The van der Waals surface area contributed by atoms with Crippen LogP contribution in [0.4, 0.5) is 10.1 Å². The van der Waals surface area contributed by atoms with Crippen molar-refractivity contribution in [2.45, 2.75) is 142 Å². The summed E-state index contributed by atoms with van der Waals surface area (Å²) in [7, 11) is -4.58. The number of fused-ring (bicyclic) bond motifs is 15. The highest BCUT2D eigenvalue weighted by Crippen LogP contribution is 2.46. The summed E-state index contributed by atoms with van der Waals surface area (Å²) in [5.74, 6) is 7.80. The molecular formula is C113H101BrClFIN21O7Si3. The maximum atomic E-state index is 14.7. The first-order valence-electron chi connectivity index (χ1n) is 47.9. The molecule has 2 atom stereocenters. The van der Waals surface area contributed by atoms with Gasteiger partial charge in [0.15, 0.2) is 28.5 Å². The number of nitrogens with two attached hydrogens (primary N) is 5. The van der Waals surface area contributed by atoms with E-state index in [-0.39, 0.29) is 59.1 Å². The predicted octanol–water partition coefficient (Wildman–Crippen LogP) is 20.2. The first-order chi connectivity index (χ1) is 70.7. The van der Waals surface area contributed by atoms with Crippen molar-refractivity contribution in [2.75, 3.05) is 0 Å². The second-order valence-electron chi connectivity index (χ2n) is 39.5. The number of hydrogen-bond donors (Lipinski definition) is 5. The Kier molecular flexibility index (Phi) is 28.9. The Bertz CT molecular complexity index is 7940. The molecule has 2 saturated carbocycles. The van der Waals surface area contributed by atoms with Gasteiger partial charge in [-0.15, -0.1) is 16.6 Å². The monoisotopic (exact) mass is 2210 g/mol. The molecule has 740 valence electrons. The van der Waals surface area contributed by atoms with Crippen molar-refractivity contribution < 1.29 is 33.3 Å². The fourth-order valence-electron chi connectivity index (χ4n) is 18.1. The van der Waals surface area contributed by atoms with E-state index in [2.05, 4.69) is 216 Å². The molecule has 0 radical (unpaired) electrons. The van der Waals surface area contributed by atoms with E-state index in [0.29, 0.717) is 68.7 Å². The van der Waals surface area contributed by atoms with Crippen molar-refractivity contribution in [2.24, 2.45) is 53.6 Å². The summed E-state index contributed by atoms with van der Waals surface area (Å²) in [5.41, 5.74) is 63.5. The fraction of sp³-hybridized carbons (Fsp3) is 0.195. The average molecular weight is 2210 g/mol. The van der Waals surface area contributed by atoms with Crippen molar-refractivity contribution in [3.05, 3.63) is 413 Å². The Morgan fingerprint density at radius 3 is 1.09 bits per heavy atom. The number of nitrogens with zero attached hydrogens (tertiary/aromatic N) is 16. The van der Waals surface area contributed by atoms with Crippen LogP contribution in [0.2, 0.25) is 63.9 Å². The van der Waals surface area contributed by atoms with Crippen LogP contribution in [-0.4, -0.2) is 135 Å². The molecule has 5 aliphatic heterocycles. The van der Waals surface area contributed by atoms with Gasteiger partial charge in [0.05, 0.1) is 128 Å². The molecule has 0 bridgehead atoms. The first kappa shape index (κ1) is 102. The number of imidazole rings is 5. The molecule has 15 aromatic rings. The second kappa shape index (κ2) is 41.9. The molecule has 5 aromatic heterocycles. The minimum Gasteiger partial charge on any atom is -0.364 e. The number of nitro groups is 1. The van der Waals surface area contributed by atoms with Crippen molar-refractivity contribution in [1.29, 1.82) is 0 Å². The summed E-state index contributed by atoms with van der Waals surface area (Å²) in [6.45, 7) is 24.4. The summed E-state index contributed by atoms with van der Waals surface area (Å²) in [5, 5.41) is 12.3. The van der Waals surface area contributed by atoms with E-state index >= 15 is 0 Å². The maximum absolute atomic E-state index is 14.7. The van der Waals surface area contributed by atoms with E-state index in [0.717, 1.165) is 133 Å². The van der Waals surface area contributed by atoms with Gasteiger partial charge in [-0.1, -0.05) is 195 Å². The van der Waals surface area contributed by atoms with E-state index in [1.807, 2.05) is 141 Å². The smallest absolute Gasteiger partial charge is 0.278 e. The van der Waals surface area contributed by atoms with Crippen molar-refractivity contribution in [3.8, 4) is 62.8 Å². The van der Waals surface area contributed by atoms with E-state index in [4.69, 9.17) is 60.2 Å². The van der Waals surface area contributed by atoms with E-state index < -0.39 is 64.7 Å². The van der Waals surface area contributed by atoms with Crippen molar-refractivity contribution in [1.82, 2.24) is 47.8 Å². The third-order valence-corrected chi connectivity index (χ3v) is 29.9. The highest BCUT2D eigenvalue weighted by Gasteiger charge is 2.37. The minimum atomic E-state index is -1.56. The van der Waals surface area contributed by atoms with Crippen molar-refractivity contribution >= 4 is 138 Å². The lowest BCUT2D eigenvalue weighted by atomic mass is 9.96. The van der Waals surface area contributed by atoms with Crippen LogP contribution < -0.4 is 28.7 Å². The third kappa shape index (κ3) is 21.7. The van der Waals surface area contributed by atoms with Crippen LogP contribution in [-0.2, 0) is 19.6 Å². The number of amides is 5. The molecule has 28 nitrogen and oxygen atoms in total. The van der Waals surface area contributed by atoms with E-state index in [1.54, 1.807) is 72.6 Å². The Hall–Kier alpha value is -15.9. The summed E-state index contributed by atoms with van der Waals surface area (Å²) < 4.78 is 26.1. The molecule has 7 aliphatic rings. The second-order valence-corrected chi connectivity index (χ2v) is 56.2. The van der Waals surface area contributed by atoms with Crippen molar-refractivity contribution in [3.63, 3.8) is 0 Å². The molecule has 22 rings (SSSR count). The normalized spacial score (nSPS) is 14.7. The van der Waals surface area contributed by atoms with Gasteiger partial charge in [-0.2, -0.15) is 0 Å². The maximum Gasteiger partial charge on any atom is 0.278 e. The van der Waals surface area contributed by atoms with E-state index in [1.165, 1.54) is 36.1 Å². The highest BCUT2D eigenvalue weighted by molar-refractivity contribution is 14.1. The highest BCUT2D eigenvalue weighted by atomic mass is 127. The minimum absolute atomic E-state index is 0.00828. The lowest BCUT2D eigenvalue weighted by Gasteiger charge is -2.14. The number of nitro benzene ring substituents is 1. The zero-order chi connectivity index (χ0) is 105. The van der Waals surface area contributed by atoms with Crippen LogP contribution >= 0.6 is 50.1 Å². The lowest BCUT2D eigenvalue weighted by Crippen LogP contribution is -2.16. The third-order valence-electron chi connectivity index (χ3n) is 25.3. The number of carbonyl (C=O) groups is 5. The van der Waals surface area contributed by atoms with Crippen LogP contribution in [0.5, 0.6) is 0 Å². The Labute approximate surface area is 884 Å². The quantitative estimate of drug-likeness (QED) is 0.0236. The topological polar surface area (TPSA) is 409 Å². The van der Waals surface area contributed by atoms with Gasteiger partial charge >= 0.3 is 0 Å². The van der Waals surface area contributed by atoms with Crippen LogP contribution in [0, 0.1) is 53.9 Å². The van der Waals surface area contributed by atoms with Gasteiger partial charge in [0.1, 0.15) is 61.7 Å². The number of aromatic nitrogens is 10. The van der Waals surface area contributed by atoms with Gasteiger partial charge in [-0.25, -0.2) is 29.3 Å². The lowest BCUT2D eigenvalue weighted by molar-refractivity contribution is -0.385. The largest absolute Gasteiger partial charge is 0.364 e. The molecule has 148 heavy (non-hydrogen) atoms. The molecule has 0 unspecified atom stereocenters. The van der Waals surface area contributed by atoms with Gasteiger partial charge in [0.2, 0.25) is 0 Å². The molecule has 2 fully saturated rings. The van der Waals surface area contributed by atoms with Gasteiger partial charge < -0.3 is 28.7 Å². The summed E-state index contributed by atoms with van der Waals surface area (Å²) in [4.78, 5) is 116. The van der Waals surface area contributed by atoms with E-state index in [9.17, 15) is 38.5 Å². The molecule has 10 heterocycles. The SMILES string of the molecule is C[C@H]1N=C(c2ccccc2Br)c2cc(C3CC3)ccc2-n2cnc(C(N)=O)c21.C[C@H]1N=C(c2ccccc2[N+](=O)[O-])c2cc(C3CC3)ccc2-n2cnc(C(N)=O)c21.C[Si](C)(C)C#Cc1ccc2c(c1)C(c1ccccc1Cl)=NCc1c(C(N)=O)ncn1-2.C[Si](C)(C)C#Cc1ccc2c(c1)C(c1ccccc1F)=NCc1c(C(N)=O)ncn1-2.C[Si](C)(C)C#Cc1ccc2c(c1)C(c1ccccc1I)=NCc1c(C(N)=O)ncn1-2. The van der Waals surface area contributed by atoms with Gasteiger partial charge in [0, 0.05) is 85.9 Å². The number of hydrogen-bond acceptors (Lipinski definition) is 17. The molecule has 10 aromatic carbocycles. The van der Waals surface area contributed by atoms with Crippen LogP contribution in [0.15, 0.2) is 273 Å². The molecule has 0 spiro atoms. The molecule has 10 N–H and O–H groups in total. The van der Waals surface area contributed by atoms with Gasteiger partial charge in [-0.05, 0) is 200 Å². The number of para-hydroxylation sites is 1. The van der Waals surface area contributed by atoms with Crippen LogP contribution in [0.3, 0.4) is 0 Å². The molecule has 5 amide bonds. The molecule has 0 saturated heterocycles. The molecule has 35 heteroatoms. The summed E-state index contributed by atoms with van der Waals surface area (Å²) >= 11 is 12.5. The number of benzene rings is 10. The number of halogens is 4. The van der Waals surface area contributed by atoms with Gasteiger partial charge in [-0.3, -0.25) is 81.9 Å². The Balaban J connectivity index is 0.000000121. The Morgan fingerprint density at radius 2 is 0.709 bits per heavy atom. The standard InChI is InChI=1S/C23H21ClN4OSi.C23H21FN4OSi.C23H21IN4OSi.C22H19BrN4O.C22H19N5O3/c3*1-30(2,3)11-10-15-8-9-19-17(12-15)21(16-6-4-5-7-18(16)24)26-13-20-22(23(25)29)27-14-28(19)20;1-12-21-20(22(24)28)25-11-27(21)18-9-8-14(13-6-7-13)10-16(18)19(26-12)15-4-2-3-5-17(15)23;1-12-21-20(22(23)28)24-11-26(21)17-9-8-14(13-6-7-13)10-16(17)19(25-12)15-4-2-3-5-18(15)27(29)30/h3*4-9,12,14H,13H2,1-3H3,(H2,25,29);2-5,8-13H,6-7H2,1H3,(H2,24,28);2-5,8-13H,6-7H2,1H3,(H2,23,28)/t;;;2*12-/m...11/s1. The number of carbonyl (C=O) groups excluding carboxylic acids is 5. The van der Waals surface area contributed by atoms with Crippen LogP contribution in [0.1, 0.15) is 228 Å².